The molecule has 0 atom stereocenters. The molecule has 8 heteroatoms. The van der Waals surface area contributed by atoms with Gasteiger partial charge in [-0.05, 0) is 50.9 Å². The topological polar surface area (TPSA) is 66.9 Å². The number of piperidine rings is 1. The molecular formula is C19H21ClN4OS2. The van der Waals surface area contributed by atoms with E-state index in [0.29, 0.717) is 16.6 Å². The van der Waals surface area contributed by atoms with Gasteiger partial charge in [-0.15, -0.1) is 35.1 Å². The number of carbonyl (C=O) groups is 1. The fourth-order valence-electron chi connectivity index (χ4n) is 3.12. The van der Waals surface area contributed by atoms with Crippen LogP contribution in [-0.4, -0.2) is 29.0 Å². The van der Waals surface area contributed by atoms with Crippen LogP contribution in [-0.2, 0) is 0 Å². The number of nitrogens with zero attached hydrogens (tertiary/aromatic N) is 2. The summed E-state index contributed by atoms with van der Waals surface area (Å²) < 4.78 is 0. The van der Waals surface area contributed by atoms with E-state index in [1.54, 1.807) is 22.7 Å². The van der Waals surface area contributed by atoms with Crippen LogP contribution >= 0.6 is 35.1 Å². The highest BCUT2D eigenvalue weighted by molar-refractivity contribution is 7.15. The molecule has 0 aliphatic carbocycles. The molecule has 1 aliphatic heterocycles. The van der Waals surface area contributed by atoms with Gasteiger partial charge >= 0.3 is 0 Å². The average molecular weight is 421 g/mol. The quantitative estimate of drug-likeness (QED) is 0.641. The minimum absolute atomic E-state index is 0. The molecule has 5 nitrogen and oxygen atoms in total. The number of hydrogen-bond donors (Lipinski definition) is 2. The lowest BCUT2D eigenvalue weighted by atomic mass is 9.97. The Hall–Kier alpha value is -1.80. The van der Waals surface area contributed by atoms with Gasteiger partial charge in [0.05, 0.1) is 10.7 Å². The van der Waals surface area contributed by atoms with Crippen molar-refractivity contribution in [2.75, 3.05) is 18.4 Å². The normalized spacial score (nSPS) is 14.6. The van der Waals surface area contributed by atoms with Crippen LogP contribution in [0.5, 0.6) is 0 Å². The van der Waals surface area contributed by atoms with Crippen molar-refractivity contribution in [2.24, 2.45) is 0 Å². The first-order valence-electron chi connectivity index (χ1n) is 8.69. The van der Waals surface area contributed by atoms with Crippen LogP contribution < -0.4 is 10.6 Å². The highest BCUT2D eigenvalue weighted by Crippen LogP contribution is 2.32. The standard InChI is InChI=1S/C19H20N4OS2.ClH/c1-12-22-16(11-25-12)14-3-2-4-15(9-14)18(24)23-19-21-10-17(26-19)13-5-7-20-8-6-13;/h2-4,9-11,13,20H,5-8H2,1H3,(H,21,23,24);1H. The van der Waals surface area contributed by atoms with Gasteiger partial charge in [0, 0.05) is 27.6 Å². The highest BCUT2D eigenvalue weighted by Gasteiger charge is 2.18. The van der Waals surface area contributed by atoms with E-state index in [4.69, 9.17) is 0 Å². The summed E-state index contributed by atoms with van der Waals surface area (Å²) in [6.45, 7) is 4.08. The molecule has 2 aromatic heterocycles. The fraction of sp³-hybridized carbons (Fsp3) is 0.316. The van der Waals surface area contributed by atoms with Gasteiger partial charge in [0.25, 0.3) is 5.91 Å². The fourth-order valence-corrected chi connectivity index (χ4v) is 4.73. The molecule has 1 saturated heterocycles. The Bertz CT molecular complexity index is 918. The summed E-state index contributed by atoms with van der Waals surface area (Å²) in [4.78, 5) is 22.8. The lowest BCUT2D eigenvalue weighted by molar-refractivity contribution is 0.102. The number of benzene rings is 1. The number of aromatic nitrogens is 2. The van der Waals surface area contributed by atoms with Crippen LogP contribution in [0.4, 0.5) is 5.13 Å². The molecule has 1 aromatic carbocycles. The van der Waals surface area contributed by atoms with Crippen molar-refractivity contribution in [3.05, 3.63) is 51.3 Å². The molecular weight excluding hydrogens is 400 g/mol. The number of nitrogens with one attached hydrogen (secondary N) is 2. The molecule has 142 valence electrons. The molecule has 1 amide bonds. The van der Waals surface area contributed by atoms with E-state index >= 15 is 0 Å². The third-order valence-corrected chi connectivity index (χ3v) is 6.37. The monoisotopic (exact) mass is 420 g/mol. The predicted molar refractivity (Wildman–Crippen MR) is 114 cm³/mol. The largest absolute Gasteiger partial charge is 0.317 e. The van der Waals surface area contributed by atoms with Crippen LogP contribution in [0.15, 0.2) is 35.8 Å². The third kappa shape index (κ3) is 4.73. The van der Waals surface area contributed by atoms with E-state index in [1.165, 1.54) is 4.88 Å². The van der Waals surface area contributed by atoms with Gasteiger partial charge in [-0.25, -0.2) is 9.97 Å². The van der Waals surface area contributed by atoms with Crippen molar-refractivity contribution < 1.29 is 4.79 Å². The summed E-state index contributed by atoms with van der Waals surface area (Å²) >= 11 is 3.19. The summed E-state index contributed by atoms with van der Waals surface area (Å²) in [6, 6.07) is 7.57. The maximum absolute atomic E-state index is 12.6. The van der Waals surface area contributed by atoms with Crippen LogP contribution in [0, 0.1) is 6.92 Å². The number of carbonyl (C=O) groups excluding carboxylic acids is 1. The van der Waals surface area contributed by atoms with Gasteiger partial charge in [0.1, 0.15) is 0 Å². The second-order valence-corrected chi connectivity index (χ2v) is 8.50. The molecule has 0 spiro atoms. The van der Waals surface area contributed by atoms with Crippen molar-refractivity contribution in [3.63, 3.8) is 0 Å². The third-order valence-electron chi connectivity index (χ3n) is 4.53. The SMILES string of the molecule is Cc1nc(-c2cccc(C(=O)Nc3ncc(C4CCNCC4)s3)c2)cs1.Cl. The Kier molecular flexibility index (Phi) is 6.59. The van der Waals surface area contributed by atoms with E-state index < -0.39 is 0 Å². The van der Waals surface area contributed by atoms with Gasteiger partial charge < -0.3 is 5.32 Å². The molecule has 0 bridgehead atoms. The first kappa shape index (κ1) is 19.9. The summed E-state index contributed by atoms with van der Waals surface area (Å²) in [5.41, 5.74) is 2.48. The highest BCUT2D eigenvalue weighted by atomic mass is 35.5. The zero-order valence-corrected chi connectivity index (χ0v) is 17.3. The molecule has 1 fully saturated rings. The molecule has 1 aliphatic rings. The Morgan fingerprint density at radius 2 is 2.11 bits per heavy atom. The van der Waals surface area contributed by atoms with E-state index in [0.717, 1.165) is 42.2 Å². The van der Waals surface area contributed by atoms with E-state index in [9.17, 15) is 4.79 Å². The Balaban J connectivity index is 0.00000210. The molecule has 2 N–H and O–H groups in total. The minimum atomic E-state index is -0.134. The first-order chi connectivity index (χ1) is 12.7. The van der Waals surface area contributed by atoms with Crippen LogP contribution in [0.2, 0.25) is 0 Å². The number of amides is 1. The number of halogens is 1. The zero-order valence-electron chi connectivity index (χ0n) is 14.9. The smallest absolute Gasteiger partial charge is 0.257 e. The van der Waals surface area contributed by atoms with Crippen molar-refractivity contribution in [1.82, 2.24) is 15.3 Å². The Morgan fingerprint density at radius 1 is 1.30 bits per heavy atom. The second-order valence-electron chi connectivity index (χ2n) is 6.38. The van der Waals surface area contributed by atoms with Crippen molar-refractivity contribution in [2.45, 2.75) is 25.7 Å². The van der Waals surface area contributed by atoms with Crippen molar-refractivity contribution in [3.8, 4) is 11.3 Å². The van der Waals surface area contributed by atoms with E-state index in [2.05, 4.69) is 20.6 Å². The minimum Gasteiger partial charge on any atom is -0.317 e. The molecule has 0 radical (unpaired) electrons. The van der Waals surface area contributed by atoms with Crippen molar-refractivity contribution in [1.29, 1.82) is 0 Å². The number of thiazole rings is 2. The Labute approximate surface area is 172 Å². The molecule has 0 unspecified atom stereocenters. The maximum atomic E-state index is 12.6. The number of aryl methyl sites for hydroxylation is 1. The van der Waals surface area contributed by atoms with Crippen LogP contribution in [0.25, 0.3) is 11.3 Å². The molecule has 0 saturated carbocycles. The zero-order chi connectivity index (χ0) is 17.9. The van der Waals surface area contributed by atoms with Crippen LogP contribution in [0.3, 0.4) is 0 Å². The van der Waals surface area contributed by atoms with Crippen molar-refractivity contribution >= 4 is 46.1 Å². The van der Waals surface area contributed by atoms with Gasteiger partial charge in [0.2, 0.25) is 0 Å². The van der Waals surface area contributed by atoms with Crippen LogP contribution in [0.1, 0.15) is 39.0 Å². The summed E-state index contributed by atoms with van der Waals surface area (Å²) in [7, 11) is 0. The summed E-state index contributed by atoms with van der Waals surface area (Å²) in [6.07, 6.45) is 4.17. The van der Waals surface area contributed by atoms with E-state index in [-0.39, 0.29) is 18.3 Å². The van der Waals surface area contributed by atoms with Gasteiger partial charge in [-0.1, -0.05) is 12.1 Å². The molecule has 4 rings (SSSR count). The Morgan fingerprint density at radius 3 is 2.85 bits per heavy atom. The number of rotatable bonds is 4. The molecule has 27 heavy (non-hydrogen) atoms. The second kappa shape index (κ2) is 8.93. The first-order valence-corrected chi connectivity index (χ1v) is 10.4. The molecule has 3 heterocycles. The van der Waals surface area contributed by atoms with Gasteiger partial charge in [-0.2, -0.15) is 0 Å². The predicted octanol–water partition coefficient (Wildman–Crippen LogP) is 4.72. The summed E-state index contributed by atoms with van der Waals surface area (Å²) in [5, 5.41) is 10.0. The summed E-state index contributed by atoms with van der Waals surface area (Å²) in [5.74, 6) is 0.417. The number of anilines is 1. The van der Waals surface area contributed by atoms with Gasteiger partial charge in [-0.3, -0.25) is 10.1 Å². The van der Waals surface area contributed by atoms with E-state index in [1.807, 2.05) is 42.8 Å². The lowest BCUT2D eigenvalue weighted by Crippen LogP contribution is -2.26. The number of hydrogen-bond acceptors (Lipinski definition) is 6. The lowest BCUT2D eigenvalue weighted by Gasteiger charge is -2.20. The average Bonchev–Trinajstić information content (AvgIpc) is 3.32. The maximum Gasteiger partial charge on any atom is 0.257 e. The molecule has 3 aromatic rings. The van der Waals surface area contributed by atoms with Gasteiger partial charge in [0.15, 0.2) is 5.13 Å².